The van der Waals surface area contributed by atoms with Gasteiger partial charge in [-0.2, -0.15) is 13.2 Å². The Balaban J connectivity index is 1.34. The monoisotopic (exact) mass is 1510 g/mol. The summed E-state index contributed by atoms with van der Waals surface area (Å²) >= 11 is 13.0. The second-order valence-electron chi connectivity index (χ2n) is 30.7. The van der Waals surface area contributed by atoms with Crippen LogP contribution in [0.2, 0.25) is 10.0 Å². The predicted octanol–water partition coefficient (Wildman–Crippen LogP) is 7.37. The molecule has 582 valence electrons. The van der Waals surface area contributed by atoms with Crippen molar-refractivity contribution in [1.29, 1.82) is 0 Å². The molecule has 2 aromatic rings. The minimum atomic E-state index is -4.79. The van der Waals surface area contributed by atoms with Crippen molar-refractivity contribution < 1.29 is 70.7 Å². The maximum atomic E-state index is 15.8. The van der Waals surface area contributed by atoms with Crippen LogP contribution in [0.15, 0.2) is 42.5 Å². The molecule has 7 rings (SSSR count). The van der Waals surface area contributed by atoms with Crippen LogP contribution in [0.4, 0.5) is 13.2 Å². The van der Waals surface area contributed by atoms with Gasteiger partial charge in [0.05, 0.1) is 23.6 Å². The number of carbonyl (C=O) groups excluding carboxylic acids is 12. The molecule has 0 aromatic heterocycles. The Hall–Kier alpha value is -7.55. The third-order valence-corrected chi connectivity index (χ3v) is 23.5. The number of halogens is 5. The standard InChI is InChI=1S/C76H111Cl2F3N12O12/c1-15-46(4)63-72(103)87(9)47(5)67(98)93-38-35-56(93)71(102)90(12)59(41-48-25-17-16-18-26-48)70(101)86(8)44-61(94)82-55(34-32-49-31-33-52(54(78)40-49)76(79,80)81)68(99)89(11)58(42-51-29-21-22-30-53(51)77)66(97)84-75(36-23-24-37-75)74(105)92(14)64(50-27-19-20-28-50)73(104)91(13)60(69(100)85(6)7)43-62(95)88(10)57(39-45(2)3)65(96)83-63/h21-22,29-31,33,40,45-48,50,55-60,63-64H,15-20,23-28,32,34-39,41-44H2,1-14H3,(H,82,94)(H,83,96)(H,84,97)/t46-,47-,55-,56-,57-,58-,59-,60-,63-,64-/m0/s1. The largest absolute Gasteiger partial charge is 0.417 e. The topological polar surface area (TPSA) is 270 Å². The molecule has 2 aromatic carbocycles. The number of benzene rings is 2. The number of nitrogens with zero attached hydrogens (tertiary/aromatic N) is 9. The van der Waals surface area contributed by atoms with Gasteiger partial charge in [0.15, 0.2) is 0 Å². The molecule has 29 heteroatoms. The molecule has 3 saturated carbocycles. The van der Waals surface area contributed by atoms with Crippen LogP contribution in [-0.4, -0.2) is 251 Å². The highest BCUT2D eigenvalue weighted by molar-refractivity contribution is 6.31. The normalized spacial score (nSPS) is 26.5. The van der Waals surface area contributed by atoms with Crippen LogP contribution in [-0.2, 0) is 76.6 Å². The fourth-order valence-electron chi connectivity index (χ4n) is 15.7. The molecule has 10 atom stereocenters. The lowest BCUT2D eigenvalue weighted by Crippen LogP contribution is -2.65. The number of fused-ring (bicyclic) bond motifs is 1. The number of carbonyl (C=O) groups is 12. The molecule has 3 N–H and O–H groups in total. The average Bonchev–Trinajstić information content (AvgIpc) is 1.77. The number of aryl methyl sites for hydroxylation is 1. The van der Waals surface area contributed by atoms with E-state index in [9.17, 15) is 46.7 Å². The van der Waals surface area contributed by atoms with Crippen molar-refractivity contribution in [3.63, 3.8) is 0 Å². The molecule has 0 unspecified atom stereocenters. The third-order valence-electron chi connectivity index (χ3n) is 22.8. The Kier molecular flexibility index (Phi) is 29.7. The van der Waals surface area contributed by atoms with Gasteiger partial charge >= 0.3 is 6.18 Å². The first kappa shape index (κ1) is 84.7. The highest BCUT2D eigenvalue weighted by atomic mass is 35.5. The molecule has 5 fully saturated rings. The Morgan fingerprint density at radius 3 is 1.85 bits per heavy atom. The lowest BCUT2D eigenvalue weighted by Gasteiger charge is -2.45. The first-order valence-electron chi connectivity index (χ1n) is 37.2. The minimum Gasteiger partial charge on any atom is -0.347 e. The lowest BCUT2D eigenvalue weighted by atomic mass is 9.84. The molecule has 5 aliphatic rings. The molecule has 3 aliphatic carbocycles. The first-order valence-corrected chi connectivity index (χ1v) is 38.0. The summed E-state index contributed by atoms with van der Waals surface area (Å²) in [6.07, 6.45) is 2.65. The molecule has 1 spiro atoms. The highest BCUT2D eigenvalue weighted by Crippen LogP contribution is 2.39. The zero-order chi connectivity index (χ0) is 77.9. The van der Waals surface area contributed by atoms with E-state index in [0.717, 1.165) is 54.0 Å². The number of alkyl halides is 3. The quantitative estimate of drug-likeness (QED) is 0.177. The van der Waals surface area contributed by atoms with E-state index in [-0.39, 0.29) is 80.3 Å². The molecule has 105 heavy (non-hydrogen) atoms. The van der Waals surface area contributed by atoms with E-state index in [0.29, 0.717) is 50.5 Å². The minimum absolute atomic E-state index is 0.00351. The number of rotatable bonds is 13. The van der Waals surface area contributed by atoms with Crippen LogP contribution in [0.5, 0.6) is 0 Å². The zero-order valence-electron chi connectivity index (χ0n) is 63.6. The van der Waals surface area contributed by atoms with Crippen molar-refractivity contribution in [3.05, 3.63) is 69.2 Å². The van der Waals surface area contributed by atoms with Crippen LogP contribution in [0.25, 0.3) is 0 Å². The van der Waals surface area contributed by atoms with E-state index >= 15 is 24.0 Å². The smallest absolute Gasteiger partial charge is 0.347 e. The predicted molar refractivity (Wildman–Crippen MR) is 391 cm³/mol. The van der Waals surface area contributed by atoms with Gasteiger partial charge in [-0.1, -0.05) is 139 Å². The number of hydrogen-bond donors (Lipinski definition) is 3. The van der Waals surface area contributed by atoms with Gasteiger partial charge < -0.3 is 60.0 Å². The molecule has 12 amide bonds. The van der Waals surface area contributed by atoms with E-state index < -0.39 is 172 Å². The van der Waals surface area contributed by atoms with E-state index in [2.05, 4.69) is 16.0 Å². The summed E-state index contributed by atoms with van der Waals surface area (Å²) in [5.41, 5.74) is -2.12. The molecule has 0 radical (unpaired) electrons. The van der Waals surface area contributed by atoms with Crippen LogP contribution in [0, 0.1) is 23.7 Å². The van der Waals surface area contributed by atoms with E-state index in [1.54, 1.807) is 31.2 Å². The third kappa shape index (κ3) is 20.4. The van der Waals surface area contributed by atoms with Crippen LogP contribution in [0.3, 0.4) is 0 Å². The van der Waals surface area contributed by atoms with Gasteiger partial charge in [-0.3, -0.25) is 57.5 Å². The van der Waals surface area contributed by atoms with Crippen molar-refractivity contribution in [2.24, 2.45) is 23.7 Å². The number of likely N-dealkylation sites (N-methyl/N-ethyl adjacent to an activating group) is 8. The van der Waals surface area contributed by atoms with E-state index in [1.807, 2.05) is 20.8 Å². The first-order chi connectivity index (χ1) is 49.3. The van der Waals surface area contributed by atoms with Gasteiger partial charge in [0.2, 0.25) is 70.9 Å². The Morgan fingerprint density at radius 1 is 0.657 bits per heavy atom. The van der Waals surface area contributed by atoms with Gasteiger partial charge in [-0.05, 0) is 118 Å². The van der Waals surface area contributed by atoms with Crippen molar-refractivity contribution in [3.8, 4) is 0 Å². The van der Waals surface area contributed by atoms with Crippen molar-refractivity contribution in [1.82, 2.24) is 60.0 Å². The van der Waals surface area contributed by atoms with Crippen LogP contribution < -0.4 is 16.0 Å². The maximum Gasteiger partial charge on any atom is 0.417 e. The summed E-state index contributed by atoms with van der Waals surface area (Å²) in [6, 6.07) is -1.89. The van der Waals surface area contributed by atoms with Crippen LogP contribution in [0.1, 0.15) is 173 Å². The Morgan fingerprint density at radius 2 is 1.28 bits per heavy atom. The number of amides is 12. The van der Waals surface area contributed by atoms with E-state index in [1.165, 1.54) is 111 Å². The fraction of sp³-hybridized carbons (Fsp3) is 0.684. The summed E-state index contributed by atoms with van der Waals surface area (Å²) in [7, 11) is 12.8. The Labute approximate surface area is 626 Å². The summed E-state index contributed by atoms with van der Waals surface area (Å²) in [5.74, 6) is -9.41. The van der Waals surface area contributed by atoms with Crippen LogP contribution >= 0.6 is 23.2 Å². The SMILES string of the molecule is CC[C@H](C)[C@@H]1NC(=O)[C@H](CC(C)C)N(C)C(=O)C[C@@H](C(=O)N(C)C)N(C)C(=O)[C@H](C2CCCC2)N(C)C(=O)C2(CCCC2)NC(=O)[C@H](Cc2ccccc2Cl)N(C)C(=O)[C@H](CCc2ccc(C(F)(F)F)c(Cl)c2)NC(=O)CN(C)C(=O)[C@H](CC2CCCCC2)N(C)C(=O)[C@@H]2CCN2C(=O)[C@H](C)N(C)C1=O. The van der Waals surface area contributed by atoms with Gasteiger partial charge in [0, 0.05) is 81.4 Å². The van der Waals surface area contributed by atoms with Gasteiger partial charge in [0.1, 0.15) is 59.9 Å². The van der Waals surface area contributed by atoms with Crippen molar-refractivity contribution in [2.75, 3.05) is 76.5 Å². The fourth-order valence-corrected chi connectivity index (χ4v) is 16.2. The molecule has 2 saturated heterocycles. The lowest BCUT2D eigenvalue weighted by molar-refractivity contribution is -0.160. The number of hydrogen-bond acceptors (Lipinski definition) is 12. The van der Waals surface area contributed by atoms with Gasteiger partial charge in [-0.25, -0.2) is 0 Å². The number of nitrogens with one attached hydrogen (secondary N) is 3. The Bertz CT molecular complexity index is 3490. The van der Waals surface area contributed by atoms with Gasteiger partial charge in [-0.15, -0.1) is 0 Å². The summed E-state index contributed by atoms with van der Waals surface area (Å²) < 4.78 is 42.0. The summed E-state index contributed by atoms with van der Waals surface area (Å²) in [6.45, 7) is 8.28. The van der Waals surface area contributed by atoms with E-state index in [4.69, 9.17) is 23.2 Å². The zero-order valence-corrected chi connectivity index (χ0v) is 65.1. The molecule has 2 heterocycles. The average molecular weight is 1510 g/mol. The summed E-state index contributed by atoms with van der Waals surface area (Å²) in [5, 5.41) is 8.37. The maximum absolute atomic E-state index is 15.8. The molecule has 0 bridgehead atoms. The second kappa shape index (κ2) is 36.8. The van der Waals surface area contributed by atoms with Gasteiger partial charge in [0.25, 0.3) is 0 Å². The molecular formula is C76H111Cl2F3N12O12. The highest BCUT2D eigenvalue weighted by Gasteiger charge is 2.52. The molecule has 24 nitrogen and oxygen atoms in total. The van der Waals surface area contributed by atoms with Crippen molar-refractivity contribution >= 4 is 94.1 Å². The van der Waals surface area contributed by atoms with Crippen molar-refractivity contribution in [2.45, 2.75) is 236 Å². The molecular weight excluding hydrogens is 1400 g/mol. The molecule has 2 aliphatic heterocycles. The summed E-state index contributed by atoms with van der Waals surface area (Å²) in [4.78, 5) is 193. The second-order valence-corrected chi connectivity index (χ2v) is 31.5.